The van der Waals surface area contributed by atoms with Crippen LogP contribution in [-0.4, -0.2) is 52.0 Å². The number of ether oxygens (including phenoxy) is 2. The van der Waals surface area contributed by atoms with E-state index in [0.717, 1.165) is 48.1 Å². The van der Waals surface area contributed by atoms with Crippen molar-refractivity contribution in [3.8, 4) is 22.9 Å². The summed E-state index contributed by atoms with van der Waals surface area (Å²) in [6, 6.07) is 10.1. The molecule has 3 aromatic rings. The highest BCUT2D eigenvalue weighted by molar-refractivity contribution is 5.53. The zero-order valence-electron chi connectivity index (χ0n) is 14.9. The molecule has 0 atom stereocenters. The number of aromatic nitrogens is 4. The number of pyridine rings is 1. The zero-order chi connectivity index (χ0) is 17.9. The Hall–Kier alpha value is -2.93. The highest BCUT2D eigenvalue weighted by atomic mass is 16.5. The average Bonchev–Trinajstić information content (AvgIpc) is 3.14. The first kappa shape index (κ1) is 16.5. The van der Waals surface area contributed by atoms with Crippen LogP contribution in [0, 0.1) is 0 Å². The molecule has 1 fully saturated rings. The minimum Gasteiger partial charge on any atom is -0.496 e. The van der Waals surface area contributed by atoms with E-state index in [4.69, 9.17) is 9.47 Å². The van der Waals surface area contributed by atoms with Gasteiger partial charge >= 0.3 is 0 Å². The van der Waals surface area contributed by atoms with Gasteiger partial charge in [-0.1, -0.05) is 6.07 Å². The van der Waals surface area contributed by atoms with Crippen LogP contribution in [-0.2, 0) is 6.54 Å². The maximum Gasteiger partial charge on any atom is 0.165 e. The summed E-state index contributed by atoms with van der Waals surface area (Å²) < 4.78 is 13.1. The Kier molecular flexibility index (Phi) is 4.53. The summed E-state index contributed by atoms with van der Waals surface area (Å²) in [5, 5.41) is 8.36. The predicted molar refractivity (Wildman–Crippen MR) is 97.1 cm³/mol. The van der Waals surface area contributed by atoms with Crippen molar-refractivity contribution >= 4 is 0 Å². The van der Waals surface area contributed by atoms with E-state index in [1.165, 1.54) is 0 Å². The highest BCUT2D eigenvalue weighted by Gasteiger charge is 2.31. The Labute approximate surface area is 152 Å². The Morgan fingerprint density at radius 3 is 2.50 bits per heavy atom. The zero-order valence-corrected chi connectivity index (χ0v) is 14.9. The lowest BCUT2D eigenvalue weighted by Crippen LogP contribution is -2.47. The molecule has 26 heavy (non-hydrogen) atoms. The molecule has 1 saturated heterocycles. The molecule has 0 unspecified atom stereocenters. The lowest BCUT2D eigenvalue weighted by Gasteiger charge is -2.40. The first-order valence-electron chi connectivity index (χ1n) is 8.52. The first-order chi connectivity index (χ1) is 12.8. The average molecular weight is 351 g/mol. The topological polar surface area (TPSA) is 65.3 Å². The fourth-order valence-electron chi connectivity index (χ4n) is 3.37. The second-order valence-corrected chi connectivity index (χ2v) is 6.29. The number of benzene rings is 1. The van der Waals surface area contributed by atoms with Crippen LogP contribution >= 0.6 is 0 Å². The van der Waals surface area contributed by atoms with E-state index in [2.05, 4.69) is 24.6 Å². The van der Waals surface area contributed by atoms with Gasteiger partial charge in [0, 0.05) is 37.6 Å². The molecule has 0 radical (unpaired) electrons. The van der Waals surface area contributed by atoms with Crippen molar-refractivity contribution in [1.29, 1.82) is 0 Å². The van der Waals surface area contributed by atoms with Crippen molar-refractivity contribution in [3.05, 3.63) is 54.6 Å². The standard InChI is InChI=1S/C19H21N5O2/c1-25-17-6-3-7-18(26-2)16(17)12-23-10-15(11-23)24-13-21-22-19(24)14-5-4-8-20-9-14/h3-9,13,15H,10-12H2,1-2H3. The van der Waals surface area contributed by atoms with Crippen molar-refractivity contribution in [1.82, 2.24) is 24.6 Å². The second kappa shape index (κ2) is 7.13. The normalized spacial score (nSPS) is 14.8. The van der Waals surface area contributed by atoms with Crippen LogP contribution < -0.4 is 9.47 Å². The molecule has 2 aromatic heterocycles. The summed E-state index contributed by atoms with van der Waals surface area (Å²) >= 11 is 0. The smallest absolute Gasteiger partial charge is 0.165 e. The van der Waals surface area contributed by atoms with Crippen molar-refractivity contribution < 1.29 is 9.47 Å². The Morgan fingerprint density at radius 2 is 1.85 bits per heavy atom. The van der Waals surface area contributed by atoms with Gasteiger partial charge in [0.1, 0.15) is 17.8 Å². The molecule has 4 rings (SSSR count). The number of nitrogens with zero attached hydrogens (tertiary/aromatic N) is 5. The number of hydrogen-bond donors (Lipinski definition) is 0. The van der Waals surface area contributed by atoms with Crippen LogP contribution in [0.3, 0.4) is 0 Å². The van der Waals surface area contributed by atoms with Gasteiger partial charge in [-0.2, -0.15) is 0 Å². The van der Waals surface area contributed by atoms with E-state index in [9.17, 15) is 0 Å². The third-order valence-electron chi connectivity index (χ3n) is 4.74. The molecule has 0 aliphatic carbocycles. The second-order valence-electron chi connectivity index (χ2n) is 6.29. The van der Waals surface area contributed by atoms with E-state index >= 15 is 0 Å². The lowest BCUT2D eigenvalue weighted by atomic mass is 10.1. The largest absolute Gasteiger partial charge is 0.496 e. The molecule has 7 heteroatoms. The van der Waals surface area contributed by atoms with Crippen LogP contribution in [0.4, 0.5) is 0 Å². The third kappa shape index (κ3) is 3.01. The molecule has 0 spiro atoms. The van der Waals surface area contributed by atoms with Crippen molar-refractivity contribution in [2.45, 2.75) is 12.6 Å². The fourth-order valence-corrected chi connectivity index (χ4v) is 3.37. The van der Waals surface area contributed by atoms with Gasteiger partial charge in [0.15, 0.2) is 5.82 Å². The minimum absolute atomic E-state index is 0.348. The van der Waals surface area contributed by atoms with Crippen molar-refractivity contribution in [2.24, 2.45) is 0 Å². The Balaban J connectivity index is 1.47. The lowest BCUT2D eigenvalue weighted by molar-refractivity contribution is 0.0976. The summed E-state index contributed by atoms with van der Waals surface area (Å²) in [5.41, 5.74) is 2.06. The predicted octanol–water partition coefficient (Wildman–Crippen LogP) is 2.41. The van der Waals surface area contributed by atoms with Gasteiger partial charge in [-0.15, -0.1) is 10.2 Å². The van der Waals surface area contributed by atoms with Crippen LogP contribution in [0.25, 0.3) is 11.4 Å². The quantitative estimate of drug-likeness (QED) is 0.679. The molecule has 0 bridgehead atoms. The van der Waals surface area contributed by atoms with E-state index in [1.807, 2.05) is 36.5 Å². The number of hydrogen-bond acceptors (Lipinski definition) is 6. The number of rotatable bonds is 6. The molecular formula is C19H21N5O2. The minimum atomic E-state index is 0.348. The molecule has 3 heterocycles. The van der Waals surface area contributed by atoms with Crippen LogP contribution in [0.2, 0.25) is 0 Å². The maximum absolute atomic E-state index is 5.49. The third-order valence-corrected chi connectivity index (χ3v) is 4.74. The van der Waals surface area contributed by atoms with E-state index in [-0.39, 0.29) is 0 Å². The first-order valence-corrected chi connectivity index (χ1v) is 8.52. The van der Waals surface area contributed by atoms with E-state index < -0.39 is 0 Å². The van der Waals surface area contributed by atoms with Gasteiger partial charge < -0.3 is 14.0 Å². The Morgan fingerprint density at radius 1 is 1.08 bits per heavy atom. The number of likely N-dealkylation sites (tertiary alicyclic amines) is 1. The monoisotopic (exact) mass is 351 g/mol. The van der Waals surface area contributed by atoms with Gasteiger partial charge in [0.2, 0.25) is 0 Å². The maximum atomic E-state index is 5.49. The molecule has 0 amide bonds. The van der Waals surface area contributed by atoms with Gasteiger partial charge in [0.05, 0.1) is 25.8 Å². The van der Waals surface area contributed by atoms with Crippen molar-refractivity contribution in [2.75, 3.05) is 27.3 Å². The molecule has 1 aromatic carbocycles. The summed E-state index contributed by atoms with van der Waals surface area (Å²) in [5.74, 6) is 2.57. The van der Waals surface area contributed by atoms with Gasteiger partial charge in [-0.25, -0.2) is 0 Å². The van der Waals surface area contributed by atoms with Crippen LogP contribution in [0.15, 0.2) is 49.1 Å². The molecular weight excluding hydrogens is 330 g/mol. The fraction of sp³-hybridized carbons (Fsp3) is 0.316. The molecule has 0 N–H and O–H groups in total. The molecule has 1 aliphatic rings. The van der Waals surface area contributed by atoms with Crippen LogP contribution in [0.5, 0.6) is 11.5 Å². The molecule has 0 saturated carbocycles. The highest BCUT2D eigenvalue weighted by Crippen LogP contribution is 2.33. The summed E-state index contributed by atoms with van der Waals surface area (Å²) in [4.78, 5) is 6.53. The number of methoxy groups -OCH3 is 2. The van der Waals surface area contributed by atoms with Crippen LogP contribution in [0.1, 0.15) is 11.6 Å². The molecule has 134 valence electrons. The van der Waals surface area contributed by atoms with Crippen molar-refractivity contribution in [3.63, 3.8) is 0 Å². The van der Waals surface area contributed by atoms with E-state index in [0.29, 0.717) is 6.04 Å². The summed E-state index contributed by atoms with van der Waals surface area (Å²) in [6.45, 7) is 2.63. The molecule has 1 aliphatic heterocycles. The molecule has 7 nitrogen and oxygen atoms in total. The van der Waals surface area contributed by atoms with Gasteiger partial charge in [0.25, 0.3) is 0 Å². The summed E-state index contributed by atoms with van der Waals surface area (Å²) in [7, 11) is 3.38. The summed E-state index contributed by atoms with van der Waals surface area (Å²) in [6.07, 6.45) is 5.38. The van der Waals surface area contributed by atoms with Gasteiger partial charge in [-0.05, 0) is 24.3 Å². The SMILES string of the molecule is COc1cccc(OC)c1CN1CC(n2cnnc2-c2cccnc2)C1. The Bertz CT molecular complexity index is 852. The van der Waals surface area contributed by atoms with E-state index in [1.54, 1.807) is 26.7 Å². The van der Waals surface area contributed by atoms with Gasteiger partial charge in [-0.3, -0.25) is 9.88 Å².